The van der Waals surface area contributed by atoms with Gasteiger partial charge in [0.1, 0.15) is 0 Å². The van der Waals surface area contributed by atoms with E-state index in [-0.39, 0.29) is 0 Å². The summed E-state index contributed by atoms with van der Waals surface area (Å²) in [4.78, 5) is 0. The van der Waals surface area contributed by atoms with Gasteiger partial charge < -0.3 is 0 Å². The van der Waals surface area contributed by atoms with Gasteiger partial charge in [0.2, 0.25) is 0 Å². The summed E-state index contributed by atoms with van der Waals surface area (Å²) in [5, 5.41) is 12.9. The Morgan fingerprint density at radius 2 is 0.544 bits per heavy atom. The van der Waals surface area contributed by atoms with Crippen molar-refractivity contribution in [3.05, 3.63) is 243 Å². The molecule has 0 atom stereocenters. The Morgan fingerprint density at radius 1 is 0.162 bits per heavy atom. The van der Waals surface area contributed by atoms with Gasteiger partial charge in [-0.15, -0.1) is 0 Å². The minimum absolute atomic E-state index is 1.21. The third-order valence-electron chi connectivity index (χ3n) is 15.1. The Morgan fingerprint density at radius 3 is 1.09 bits per heavy atom. The van der Waals surface area contributed by atoms with Crippen LogP contribution in [-0.2, 0) is 0 Å². The molecule has 312 valence electrons. The quantitative estimate of drug-likeness (QED) is 0.151. The van der Waals surface area contributed by atoms with Gasteiger partial charge in [-0.2, -0.15) is 0 Å². The Bertz CT molecular complexity index is 4170. The first kappa shape index (κ1) is 37.4. The lowest BCUT2D eigenvalue weighted by molar-refractivity contribution is 1.62. The van der Waals surface area contributed by atoms with E-state index in [1.54, 1.807) is 0 Å². The highest BCUT2D eigenvalue weighted by Gasteiger charge is 2.33. The average molecular weight is 857 g/mol. The van der Waals surface area contributed by atoms with Crippen LogP contribution in [-0.4, -0.2) is 0 Å². The summed E-state index contributed by atoms with van der Waals surface area (Å²) < 4.78 is 0. The average Bonchev–Trinajstić information content (AvgIpc) is 3.91. The van der Waals surface area contributed by atoms with Crippen LogP contribution < -0.4 is 0 Å². The molecule has 0 unspecified atom stereocenters. The smallest absolute Gasteiger partial charge is 0.000719 e. The molecule has 13 aromatic carbocycles. The molecule has 0 fully saturated rings. The normalized spacial score (nSPS) is 12.1. The third-order valence-corrected chi connectivity index (χ3v) is 15.1. The van der Waals surface area contributed by atoms with Gasteiger partial charge >= 0.3 is 0 Å². The standard InChI is InChI=1S/C68H40/c1-5-19-41(20-6-1)59-51-29-15-16-30-52(51)60(42-21-7-2-8-22-42)67-56-38-37-48(50-32-18-33-54(63(50)56)65(59)67)46-35-36-53-57(39-46)62(44-25-11-4-12-26-44)66-55-34-17-31-49-47-28-14-13-27-45(47)40-58(64(49)55)68(66)61(53)43-23-9-3-10-24-43/h1-40H. The van der Waals surface area contributed by atoms with Crippen LogP contribution >= 0.6 is 0 Å². The fourth-order valence-corrected chi connectivity index (χ4v) is 12.4. The van der Waals surface area contributed by atoms with E-state index in [1.807, 2.05) is 0 Å². The maximum absolute atomic E-state index is 2.51. The molecule has 0 nitrogen and oxygen atoms in total. The van der Waals surface area contributed by atoms with Crippen molar-refractivity contribution in [1.82, 2.24) is 0 Å². The van der Waals surface area contributed by atoms with Gasteiger partial charge in [-0.1, -0.05) is 231 Å². The minimum atomic E-state index is 1.21. The van der Waals surface area contributed by atoms with Crippen molar-refractivity contribution in [2.45, 2.75) is 0 Å². The predicted molar refractivity (Wildman–Crippen MR) is 290 cm³/mol. The maximum Gasteiger partial charge on any atom is -0.000719 e. The Labute approximate surface area is 394 Å². The maximum atomic E-state index is 2.51. The second-order valence-electron chi connectivity index (χ2n) is 18.5. The van der Waals surface area contributed by atoms with Gasteiger partial charge in [-0.05, 0) is 166 Å². The first-order chi connectivity index (χ1) is 33.8. The molecule has 0 saturated heterocycles. The molecular formula is C68H40. The van der Waals surface area contributed by atoms with Gasteiger partial charge in [0.05, 0.1) is 0 Å². The van der Waals surface area contributed by atoms with E-state index in [0.29, 0.717) is 0 Å². The molecule has 0 aromatic heterocycles. The van der Waals surface area contributed by atoms with Crippen molar-refractivity contribution >= 4 is 53.9 Å². The fourth-order valence-electron chi connectivity index (χ4n) is 12.4. The summed E-state index contributed by atoms with van der Waals surface area (Å²) >= 11 is 0. The zero-order valence-corrected chi connectivity index (χ0v) is 37.1. The van der Waals surface area contributed by atoms with Crippen LogP contribution in [0.15, 0.2) is 243 Å². The van der Waals surface area contributed by atoms with Crippen LogP contribution in [0.5, 0.6) is 0 Å². The molecule has 0 heterocycles. The number of fused-ring (bicyclic) bond motifs is 10. The summed E-state index contributed by atoms with van der Waals surface area (Å²) in [6, 6.07) is 90.7. The fraction of sp³-hybridized carbons (Fsp3) is 0. The highest BCUT2D eigenvalue weighted by Crippen LogP contribution is 2.61. The molecule has 13 aromatic rings. The van der Waals surface area contributed by atoms with E-state index in [9.17, 15) is 0 Å². The summed E-state index contributed by atoms with van der Waals surface area (Å²) in [6.45, 7) is 0. The van der Waals surface area contributed by atoms with Gasteiger partial charge in [0.25, 0.3) is 0 Å². The minimum Gasteiger partial charge on any atom is -0.0622 e. The van der Waals surface area contributed by atoms with Gasteiger partial charge in [-0.25, -0.2) is 0 Å². The van der Waals surface area contributed by atoms with Crippen molar-refractivity contribution in [2.24, 2.45) is 0 Å². The summed E-state index contributed by atoms with van der Waals surface area (Å²) in [7, 11) is 0. The third kappa shape index (κ3) is 5.15. The SMILES string of the molecule is c1ccc(-c2c3c(c(-c4ccccc4)c4ccccc24)-c2ccc(-c4ccc5c(-c6ccccc6)c6c(c(-c7ccccc7)c5c4)-c4cccc5c4c-6cc4ccccc45)c4cccc-3c24)cc1. The summed E-state index contributed by atoms with van der Waals surface area (Å²) in [6.07, 6.45) is 0. The summed E-state index contributed by atoms with van der Waals surface area (Å²) in [5.41, 5.74) is 23.1. The van der Waals surface area contributed by atoms with Crippen LogP contribution in [0.25, 0.3) is 154 Å². The lowest BCUT2D eigenvalue weighted by atomic mass is 9.81. The number of benzene rings is 13. The van der Waals surface area contributed by atoms with Crippen LogP contribution in [0.3, 0.4) is 0 Å². The van der Waals surface area contributed by atoms with Crippen molar-refractivity contribution in [2.75, 3.05) is 0 Å². The van der Waals surface area contributed by atoms with Crippen molar-refractivity contribution in [3.63, 3.8) is 0 Å². The number of hydrogen-bond acceptors (Lipinski definition) is 0. The second kappa shape index (κ2) is 14.3. The van der Waals surface area contributed by atoms with Gasteiger partial charge in [-0.3, -0.25) is 0 Å². The highest BCUT2D eigenvalue weighted by molar-refractivity contribution is 6.32. The van der Waals surface area contributed by atoms with E-state index in [1.165, 1.54) is 154 Å². The predicted octanol–water partition coefficient (Wildman–Crippen LogP) is 19.1. The second-order valence-corrected chi connectivity index (χ2v) is 18.5. The van der Waals surface area contributed by atoms with Crippen LogP contribution in [0.1, 0.15) is 0 Å². The molecule has 15 rings (SSSR count). The molecule has 0 spiro atoms. The molecule has 0 heteroatoms. The highest BCUT2D eigenvalue weighted by atomic mass is 14.4. The Balaban J connectivity index is 1.05. The van der Waals surface area contributed by atoms with Crippen LogP contribution in [0.2, 0.25) is 0 Å². The monoisotopic (exact) mass is 856 g/mol. The van der Waals surface area contributed by atoms with Crippen molar-refractivity contribution in [3.8, 4) is 100 Å². The van der Waals surface area contributed by atoms with Crippen molar-refractivity contribution < 1.29 is 0 Å². The zero-order valence-electron chi connectivity index (χ0n) is 37.1. The largest absolute Gasteiger partial charge is 0.0622 e. The zero-order chi connectivity index (χ0) is 44.5. The van der Waals surface area contributed by atoms with E-state index >= 15 is 0 Å². The molecule has 2 aliphatic rings. The molecule has 0 amide bonds. The van der Waals surface area contributed by atoms with Crippen molar-refractivity contribution in [1.29, 1.82) is 0 Å². The van der Waals surface area contributed by atoms with E-state index in [0.717, 1.165) is 0 Å². The molecule has 68 heavy (non-hydrogen) atoms. The Kier molecular flexibility index (Phi) is 7.88. The van der Waals surface area contributed by atoms with E-state index in [4.69, 9.17) is 0 Å². The van der Waals surface area contributed by atoms with Gasteiger partial charge in [0.15, 0.2) is 0 Å². The summed E-state index contributed by atoms with van der Waals surface area (Å²) in [5.74, 6) is 0. The molecule has 0 aliphatic heterocycles. The molecule has 0 N–H and O–H groups in total. The Hall–Kier alpha value is -8.84. The lowest BCUT2D eigenvalue weighted by Gasteiger charge is -2.21. The topological polar surface area (TPSA) is 0 Å². The lowest BCUT2D eigenvalue weighted by Crippen LogP contribution is -1.94. The number of hydrogen-bond donors (Lipinski definition) is 0. The molecular weight excluding hydrogens is 817 g/mol. The first-order valence-corrected chi connectivity index (χ1v) is 23.8. The van der Waals surface area contributed by atoms with E-state index < -0.39 is 0 Å². The van der Waals surface area contributed by atoms with Crippen LogP contribution in [0.4, 0.5) is 0 Å². The molecule has 0 saturated carbocycles. The van der Waals surface area contributed by atoms with E-state index in [2.05, 4.69) is 243 Å². The molecule has 2 aliphatic carbocycles. The molecule has 0 radical (unpaired) electrons. The number of rotatable bonds is 5. The van der Waals surface area contributed by atoms with Crippen LogP contribution in [0, 0.1) is 0 Å². The molecule has 0 bridgehead atoms. The first-order valence-electron chi connectivity index (χ1n) is 23.8. The van der Waals surface area contributed by atoms with Gasteiger partial charge in [0, 0.05) is 0 Å².